The Bertz CT molecular complexity index is 1400. The molecule has 0 aliphatic rings. The highest BCUT2D eigenvalue weighted by Gasteiger charge is 2.17. The molecule has 4 aromatic rings. The standard InChI is InChI=1S/C20H17N3O5S/c1-29(26,27)12-18-22-15-4-2-3-5-16(15)23(18)11-19(24)21-14-7-8-17-13(10-14)6-9-20(25)28-17/h2-10H,11-12H2,1H3,(H,21,24). The molecule has 2 heterocycles. The van der Waals surface area contributed by atoms with Crippen LogP contribution in [0, 0.1) is 0 Å². The van der Waals surface area contributed by atoms with E-state index in [0.717, 1.165) is 6.26 Å². The SMILES string of the molecule is CS(=O)(=O)Cc1nc2ccccc2n1CC(=O)Nc1ccc2oc(=O)ccc2c1. The van der Waals surface area contributed by atoms with Crippen molar-refractivity contribution in [2.45, 2.75) is 12.3 Å². The molecule has 148 valence electrons. The summed E-state index contributed by atoms with van der Waals surface area (Å²) in [6.45, 7) is -0.0900. The van der Waals surface area contributed by atoms with Crippen LogP contribution in [0.1, 0.15) is 5.82 Å². The van der Waals surface area contributed by atoms with E-state index in [2.05, 4.69) is 10.3 Å². The smallest absolute Gasteiger partial charge is 0.336 e. The first-order valence-electron chi connectivity index (χ1n) is 8.74. The molecule has 9 heteroatoms. The highest BCUT2D eigenvalue weighted by Crippen LogP contribution is 2.20. The maximum absolute atomic E-state index is 12.6. The fourth-order valence-corrected chi connectivity index (χ4v) is 3.83. The molecule has 0 aliphatic heterocycles. The van der Waals surface area contributed by atoms with Crippen molar-refractivity contribution < 1.29 is 17.6 Å². The maximum atomic E-state index is 12.6. The van der Waals surface area contributed by atoms with Gasteiger partial charge in [-0.15, -0.1) is 0 Å². The van der Waals surface area contributed by atoms with Gasteiger partial charge in [-0.05, 0) is 36.4 Å². The zero-order chi connectivity index (χ0) is 20.6. The van der Waals surface area contributed by atoms with Gasteiger partial charge < -0.3 is 14.3 Å². The zero-order valence-corrected chi connectivity index (χ0v) is 16.3. The van der Waals surface area contributed by atoms with E-state index in [1.165, 1.54) is 6.07 Å². The number of sulfone groups is 1. The number of hydrogen-bond acceptors (Lipinski definition) is 6. The third-order valence-corrected chi connectivity index (χ3v) is 5.11. The summed E-state index contributed by atoms with van der Waals surface area (Å²) >= 11 is 0. The average molecular weight is 411 g/mol. The lowest BCUT2D eigenvalue weighted by Gasteiger charge is -2.10. The Morgan fingerprint density at radius 3 is 2.72 bits per heavy atom. The van der Waals surface area contributed by atoms with Gasteiger partial charge >= 0.3 is 5.63 Å². The number of para-hydroxylation sites is 2. The van der Waals surface area contributed by atoms with Crippen LogP contribution in [0.4, 0.5) is 5.69 Å². The summed E-state index contributed by atoms with van der Waals surface area (Å²) in [7, 11) is -3.32. The van der Waals surface area contributed by atoms with E-state index in [1.807, 2.05) is 0 Å². The van der Waals surface area contributed by atoms with Crippen LogP contribution in [-0.2, 0) is 26.9 Å². The summed E-state index contributed by atoms with van der Waals surface area (Å²) in [6, 6.07) is 15.0. The minimum Gasteiger partial charge on any atom is -0.423 e. The topological polar surface area (TPSA) is 111 Å². The van der Waals surface area contributed by atoms with E-state index in [1.54, 1.807) is 53.1 Å². The Morgan fingerprint density at radius 2 is 1.93 bits per heavy atom. The van der Waals surface area contributed by atoms with Gasteiger partial charge in [0.25, 0.3) is 0 Å². The van der Waals surface area contributed by atoms with Crippen LogP contribution in [0.2, 0.25) is 0 Å². The molecular weight excluding hydrogens is 394 g/mol. The van der Waals surface area contributed by atoms with E-state index in [9.17, 15) is 18.0 Å². The molecule has 0 saturated carbocycles. The molecule has 1 N–H and O–H groups in total. The third kappa shape index (κ3) is 4.19. The molecule has 4 rings (SSSR count). The van der Waals surface area contributed by atoms with Crippen molar-refractivity contribution >= 4 is 43.4 Å². The number of carbonyl (C=O) groups is 1. The van der Waals surface area contributed by atoms with Gasteiger partial charge in [0.05, 0.1) is 11.0 Å². The molecule has 0 fully saturated rings. The number of aromatic nitrogens is 2. The Hall–Kier alpha value is -3.46. The van der Waals surface area contributed by atoms with Crippen LogP contribution >= 0.6 is 0 Å². The number of hydrogen-bond donors (Lipinski definition) is 1. The Labute approximate surface area is 165 Å². The highest BCUT2D eigenvalue weighted by atomic mass is 32.2. The molecule has 1 amide bonds. The highest BCUT2D eigenvalue weighted by molar-refractivity contribution is 7.89. The Kier molecular flexibility index (Phi) is 4.67. The molecule has 8 nitrogen and oxygen atoms in total. The second-order valence-electron chi connectivity index (χ2n) is 6.73. The minimum absolute atomic E-state index is 0.0900. The van der Waals surface area contributed by atoms with Crippen molar-refractivity contribution in [3.05, 3.63) is 70.8 Å². The van der Waals surface area contributed by atoms with Crippen molar-refractivity contribution in [1.29, 1.82) is 0 Å². The lowest BCUT2D eigenvalue weighted by Crippen LogP contribution is -2.21. The van der Waals surface area contributed by atoms with E-state index in [0.29, 0.717) is 33.5 Å². The van der Waals surface area contributed by atoms with Crippen LogP contribution in [0.3, 0.4) is 0 Å². The predicted octanol–water partition coefficient (Wildman–Crippen LogP) is 2.33. The molecule has 0 aliphatic carbocycles. The molecule has 0 radical (unpaired) electrons. The van der Waals surface area contributed by atoms with Crippen molar-refractivity contribution in [3.63, 3.8) is 0 Å². The first-order chi connectivity index (χ1) is 13.8. The van der Waals surface area contributed by atoms with E-state index >= 15 is 0 Å². The normalized spacial score (nSPS) is 11.8. The number of anilines is 1. The fraction of sp³-hybridized carbons (Fsp3) is 0.150. The number of carbonyl (C=O) groups excluding carboxylic acids is 1. The van der Waals surface area contributed by atoms with Crippen LogP contribution in [0.5, 0.6) is 0 Å². The van der Waals surface area contributed by atoms with Crippen LogP contribution in [-0.4, -0.2) is 30.1 Å². The molecule has 2 aromatic carbocycles. The molecule has 0 unspecified atom stereocenters. The summed E-state index contributed by atoms with van der Waals surface area (Å²) in [5.41, 5.74) is 1.82. The first-order valence-corrected chi connectivity index (χ1v) is 10.8. The quantitative estimate of drug-likeness (QED) is 0.505. The van der Waals surface area contributed by atoms with Gasteiger partial charge in [0, 0.05) is 23.4 Å². The van der Waals surface area contributed by atoms with Crippen LogP contribution in [0.25, 0.3) is 22.0 Å². The fourth-order valence-electron chi connectivity index (χ4n) is 3.14. The summed E-state index contributed by atoms with van der Waals surface area (Å²) in [5, 5.41) is 3.46. The van der Waals surface area contributed by atoms with Crippen molar-refractivity contribution in [2.24, 2.45) is 0 Å². The van der Waals surface area contributed by atoms with E-state index in [4.69, 9.17) is 4.42 Å². The predicted molar refractivity (Wildman–Crippen MR) is 109 cm³/mol. The summed E-state index contributed by atoms with van der Waals surface area (Å²) in [4.78, 5) is 28.3. The second kappa shape index (κ2) is 7.17. The molecular formula is C20H17N3O5S. The van der Waals surface area contributed by atoms with Crippen molar-refractivity contribution in [3.8, 4) is 0 Å². The third-order valence-electron chi connectivity index (χ3n) is 4.33. The van der Waals surface area contributed by atoms with Crippen molar-refractivity contribution in [1.82, 2.24) is 9.55 Å². The molecule has 0 saturated heterocycles. The largest absolute Gasteiger partial charge is 0.423 e. The lowest BCUT2D eigenvalue weighted by molar-refractivity contribution is -0.116. The van der Waals surface area contributed by atoms with Gasteiger partial charge in [0.2, 0.25) is 5.91 Å². The second-order valence-corrected chi connectivity index (χ2v) is 8.87. The Morgan fingerprint density at radius 1 is 1.14 bits per heavy atom. The zero-order valence-electron chi connectivity index (χ0n) is 15.5. The Balaban J connectivity index is 1.62. The molecule has 0 atom stereocenters. The number of rotatable bonds is 5. The van der Waals surface area contributed by atoms with Gasteiger partial charge in [0.15, 0.2) is 9.84 Å². The van der Waals surface area contributed by atoms with Gasteiger partial charge in [-0.3, -0.25) is 4.79 Å². The molecule has 2 aromatic heterocycles. The number of nitrogens with one attached hydrogen (secondary N) is 1. The number of benzene rings is 2. The summed E-state index contributed by atoms with van der Waals surface area (Å²) < 4.78 is 30.2. The maximum Gasteiger partial charge on any atom is 0.336 e. The van der Waals surface area contributed by atoms with E-state index < -0.39 is 15.5 Å². The van der Waals surface area contributed by atoms with Gasteiger partial charge in [0.1, 0.15) is 23.7 Å². The van der Waals surface area contributed by atoms with Gasteiger partial charge in [-0.25, -0.2) is 18.2 Å². The van der Waals surface area contributed by atoms with Crippen molar-refractivity contribution in [2.75, 3.05) is 11.6 Å². The average Bonchev–Trinajstić information content (AvgIpc) is 2.97. The number of imidazole rings is 1. The van der Waals surface area contributed by atoms with Gasteiger partial charge in [-0.2, -0.15) is 0 Å². The number of fused-ring (bicyclic) bond motifs is 2. The van der Waals surface area contributed by atoms with Crippen LogP contribution in [0.15, 0.2) is 63.8 Å². The molecule has 29 heavy (non-hydrogen) atoms. The number of amides is 1. The lowest BCUT2D eigenvalue weighted by atomic mass is 10.2. The number of nitrogens with zero attached hydrogens (tertiary/aromatic N) is 2. The summed E-state index contributed by atoms with van der Waals surface area (Å²) in [6.07, 6.45) is 1.13. The first kappa shape index (κ1) is 18.9. The van der Waals surface area contributed by atoms with Gasteiger partial charge in [-0.1, -0.05) is 12.1 Å². The van der Waals surface area contributed by atoms with E-state index in [-0.39, 0.29) is 18.2 Å². The molecule has 0 bridgehead atoms. The minimum atomic E-state index is -3.32. The summed E-state index contributed by atoms with van der Waals surface area (Å²) in [5.74, 6) is -0.284. The molecule has 0 spiro atoms. The monoisotopic (exact) mass is 411 g/mol. The van der Waals surface area contributed by atoms with Crippen LogP contribution < -0.4 is 10.9 Å².